The smallest absolute Gasteiger partial charge is 0.870 e. The third-order valence-corrected chi connectivity index (χ3v) is 5.43. The van der Waals surface area contributed by atoms with Crippen molar-refractivity contribution in [3.05, 3.63) is 28.5 Å². The third kappa shape index (κ3) is 5.18. The van der Waals surface area contributed by atoms with E-state index in [4.69, 9.17) is 5.11 Å². The van der Waals surface area contributed by atoms with Gasteiger partial charge in [-0.15, -0.1) is 0 Å². The van der Waals surface area contributed by atoms with Gasteiger partial charge in [0.15, 0.2) is 14.6 Å². The number of hydrogen-bond donors (Lipinski definition) is 1. The van der Waals surface area contributed by atoms with Gasteiger partial charge in [-0.2, -0.15) is 0 Å². The molecular weight excluding hydrogens is 345 g/mol. The van der Waals surface area contributed by atoms with Crippen LogP contribution in [0.25, 0.3) is 0 Å². The monoisotopic (exact) mass is 359 g/mol. The molecule has 0 spiro atoms. The predicted octanol–water partition coefficient (Wildman–Crippen LogP) is -1.51. The van der Waals surface area contributed by atoms with Crippen molar-refractivity contribution in [1.29, 1.82) is 0 Å². The van der Waals surface area contributed by atoms with Gasteiger partial charge in [-0.1, -0.05) is 6.07 Å². The molecular formula is C11H15BrLiNO5S. The fourth-order valence-corrected chi connectivity index (χ4v) is 2.41. The Balaban J connectivity index is 0. The minimum absolute atomic E-state index is 0. The Hall–Kier alpha value is -0.393. The molecule has 0 aromatic carbocycles. The van der Waals surface area contributed by atoms with Gasteiger partial charge in [-0.05, 0) is 47.3 Å². The Kier molecular flexibility index (Phi) is 8.92. The summed E-state index contributed by atoms with van der Waals surface area (Å²) in [5.74, 6) is -1.32. The van der Waals surface area contributed by atoms with Gasteiger partial charge in [0.25, 0.3) is 0 Å². The molecule has 6 nitrogen and oxygen atoms in total. The van der Waals surface area contributed by atoms with Gasteiger partial charge in [0.05, 0.1) is 0 Å². The number of carboxylic acid groups (broad SMARTS) is 1. The van der Waals surface area contributed by atoms with E-state index in [2.05, 4.69) is 20.9 Å². The molecule has 1 aromatic rings. The Morgan fingerprint density at radius 1 is 1.45 bits per heavy atom. The molecule has 0 aliphatic carbocycles. The Bertz CT molecular complexity index is 548. The first kappa shape index (κ1) is 21.9. The molecule has 108 valence electrons. The van der Waals surface area contributed by atoms with E-state index in [9.17, 15) is 13.2 Å². The molecule has 0 saturated heterocycles. The second kappa shape index (κ2) is 8.15. The maximum atomic E-state index is 11.6. The second-order valence-corrected chi connectivity index (χ2v) is 7.56. The van der Waals surface area contributed by atoms with Crippen molar-refractivity contribution in [2.45, 2.75) is 24.5 Å². The zero-order chi connectivity index (χ0) is 14.0. The summed E-state index contributed by atoms with van der Waals surface area (Å²) in [7, 11) is -3.67. The van der Waals surface area contributed by atoms with E-state index < -0.39 is 20.6 Å². The number of aryl methyl sites for hydroxylation is 1. The van der Waals surface area contributed by atoms with Crippen molar-refractivity contribution >= 4 is 31.7 Å². The fourth-order valence-electron chi connectivity index (χ4n) is 1.39. The van der Waals surface area contributed by atoms with Gasteiger partial charge in [0.1, 0.15) is 4.60 Å². The van der Waals surface area contributed by atoms with Crippen molar-refractivity contribution in [3.8, 4) is 0 Å². The molecule has 0 saturated carbocycles. The van der Waals surface area contributed by atoms with E-state index in [0.29, 0.717) is 11.0 Å². The molecule has 1 rings (SSSR count). The van der Waals surface area contributed by atoms with Gasteiger partial charge in [-0.25, -0.2) is 13.4 Å². The molecule has 0 fully saturated rings. The van der Waals surface area contributed by atoms with E-state index in [1.165, 1.54) is 6.92 Å². The number of pyridine rings is 1. The Labute approximate surface area is 138 Å². The van der Waals surface area contributed by atoms with Crippen LogP contribution in [0.4, 0.5) is 0 Å². The molecule has 20 heavy (non-hydrogen) atoms. The summed E-state index contributed by atoms with van der Waals surface area (Å²) in [4.78, 5) is 15.1. The maximum Gasteiger partial charge on any atom is 1.00 e. The average Bonchev–Trinajstić information content (AvgIpc) is 2.26. The van der Waals surface area contributed by atoms with Crippen LogP contribution in [0, 0.1) is 0 Å². The van der Waals surface area contributed by atoms with Crippen LogP contribution in [-0.4, -0.2) is 41.0 Å². The molecule has 0 aliphatic rings. The molecule has 1 atom stereocenters. The van der Waals surface area contributed by atoms with Gasteiger partial charge < -0.3 is 10.6 Å². The maximum absolute atomic E-state index is 11.6. The summed E-state index contributed by atoms with van der Waals surface area (Å²) in [6.07, 6.45) is 2.90. The van der Waals surface area contributed by atoms with Crippen LogP contribution in [0.2, 0.25) is 0 Å². The minimum atomic E-state index is -3.67. The topological polar surface area (TPSA) is 114 Å². The molecule has 1 heterocycles. The number of sulfone groups is 1. The number of hydrogen-bond acceptors (Lipinski definition) is 5. The second-order valence-electron chi connectivity index (χ2n) is 4.30. The van der Waals surface area contributed by atoms with Crippen LogP contribution in [-0.2, 0) is 21.1 Å². The first-order valence-corrected chi connectivity index (χ1v) is 7.89. The number of halogens is 1. The summed E-state index contributed by atoms with van der Waals surface area (Å²) in [6.45, 7) is 1.23. The molecule has 0 radical (unpaired) electrons. The van der Waals surface area contributed by atoms with Gasteiger partial charge in [0.2, 0.25) is 0 Å². The van der Waals surface area contributed by atoms with Crippen LogP contribution in [0.3, 0.4) is 0 Å². The number of carbonyl (C=O) groups is 1. The standard InChI is InChI=1S/C11H14BrNO4S.Li.H2O/c1-11(10(14)15,18(2,16)17)6-5-8-3-4-9(12)13-7-8;;/h3-4,7H,5-6H2,1-2H3,(H,14,15);;1H2/q;+1;/p-1. The first-order chi connectivity index (χ1) is 8.17. The summed E-state index contributed by atoms with van der Waals surface area (Å²) < 4.78 is 22.0. The molecule has 1 unspecified atom stereocenters. The quantitative estimate of drug-likeness (QED) is 0.505. The largest absolute Gasteiger partial charge is 1.00 e. The number of aliphatic carboxylic acids is 1. The van der Waals surface area contributed by atoms with Gasteiger partial charge in [0, 0.05) is 12.5 Å². The predicted molar refractivity (Wildman–Crippen MR) is 73.1 cm³/mol. The third-order valence-electron chi connectivity index (χ3n) is 2.95. The molecule has 0 amide bonds. The normalized spacial score (nSPS) is 13.6. The summed E-state index contributed by atoms with van der Waals surface area (Å²) in [5.41, 5.74) is 0.800. The van der Waals surface area contributed by atoms with E-state index in [0.717, 1.165) is 11.8 Å². The van der Waals surface area contributed by atoms with Gasteiger partial charge in [-0.3, -0.25) is 4.79 Å². The van der Waals surface area contributed by atoms with Crippen molar-refractivity contribution in [3.63, 3.8) is 0 Å². The number of carboxylic acids is 1. The van der Waals surface area contributed by atoms with E-state index in [1.807, 2.05) is 0 Å². The van der Waals surface area contributed by atoms with E-state index in [1.54, 1.807) is 18.3 Å². The summed E-state index contributed by atoms with van der Waals surface area (Å²) in [5, 5.41) is 9.09. The van der Waals surface area contributed by atoms with Gasteiger partial charge >= 0.3 is 24.8 Å². The summed E-state index contributed by atoms with van der Waals surface area (Å²) in [6, 6.07) is 3.51. The number of aromatic nitrogens is 1. The Morgan fingerprint density at radius 3 is 2.35 bits per heavy atom. The Morgan fingerprint density at radius 2 is 2.00 bits per heavy atom. The van der Waals surface area contributed by atoms with E-state index >= 15 is 0 Å². The van der Waals surface area contributed by atoms with Crippen LogP contribution >= 0.6 is 15.9 Å². The summed E-state index contributed by atoms with van der Waals surface area (Å²) >= 11 is 3.19. The molecule has 1 aromatic heterocycles. The van der Waals surface area contributed by atoms with Crippen molar-refractivity contribution in [2.24, 2.45) is 0 Å². The van der Waals surface area contributed by atoms with Crippen molar-refractivity contribution in [2.75, 3.05) is 6.26 Å². The molecule has 0 bridgehead atoms. The molecule has 9 heteroatoms. The van der Waals surface area contributed by atoms with Crippen LogP contribution in [0.5, 0.6) is 0 Å². The van der Waals surface area contributed by atoms with Crippen molar-refractivity contribution < 1.29 is 42.7 Å². The first-order valence-electron chi connectivity index (χ1n) is 5.20. The average molecular weight is 360 g/mol. The van der Waals surface area contributed by atoms with Crippen molar-refractivity contribution in [1.82, 2.24) is 4.98 Å². The van der Waals surface area contributed by atoms with Crippen LogP contribution in [0.15, 0.2) is 22.9 Å². The fraction of sp³-hybridized carbons (Fsp3) is 0.455. The SMILES string of the molecule is CC(CCc1ccc(Br)nc1)(C(=O)O)S(C)(=O)=O.[Li+].[OH-]. The zero-order valence-electron chi connectivity index (χ0n) is 11.5. The van der Waals surface area contributed by atoms with E-state index in [-0.39, 0.29) is 30.8 Å². The van der Waals surface area contributed by atoms with Crippen LogP contribution in [0.1, 0.15) is 18.9 Å². The van der Waals surface area contributed by atoms with Crippen LogP contribution < -0.4 is 18.9 Å². The molecule has 2 N–H and O–H groups in total. The zero-order valence-corrected chi connectivity index (χ0v) is 13.9. The minimum Gasteiger partial charge on any atom is -0.870 e. The number of nitrogens with zero attached hydrogens (tertiary/aromatic N) is 1. The number of rotatable bonds is 5. The molecule has 0 aliphatic heterocycles.